The number of nitrogens with zero attached hydrogens (tertiary/aromatic N) is 1. The summed E-state index contributed by atoms with van der Waals surface area (Å²) in [4.78, 5) is 26.9. The number of hydrogen-bond donors (Lipinski definition) is 2. The Morgan fingerprint density at radius 2 is 1.54 bits per heavy atom. The highest BCUT2D eigenvalue weighted by molar-refractivity contribution is 5.99. The Bertz CT molecular complexity index is 795. The minimum Gasteiger partial charge on any atom is -0.496 e. The van der Waals surface area contributed by atoms with Crippen molar-refractivity contribution in [2.24, 2.45) is 0 Å². The third-order valence-electron chi connectivity index (χ3n) is 4.79. The number of para-hydroxylation sites is 1. The van der Waals surface area contributed by atoms with E-state index in [9.17, 15) is 9.59 Å². The molecule has 3 rings (SSSR count). The van der Waals surface area contributed by atoms with Crippen molar-refractivity contribution in [2.75, 3.05) is 32.6 Å². The van der Waals surface area contributed by atoms with Gasteiger partial charge in [-0.05, 0) is 37.1 Å². The van der Waals surface area contributed by atoms with E-state index < -0.39 is 0 Å². The number of rotatable bonds is 5. The fraction of sp³-hybridized carbons (Fsp3) is 0.333. The number of urea groups is 1. The van der Waals surface area contributed by atoms with Crippen LogP contribution in [-0.4, -0.2) is 50.2 Å². The van der Waals surface area contributed by atoms with Crippen LogP contribution in [0.2, 0.25) is 0 Å². The van der Waals surface area contributed by atoms with E-state index in [2.05, 4.69) is 10.6 Å². The fourth-order valence-electron chi connectivity index (χ4n) is 3.32. The molecular weight excluding hydrogens is 358 g/mol. The minimum absolute atomic E-state index is 0.0207. The Labute approximate surface area is 164 Å². The van der Waals surface area contributed by atoms with Crippen LogP contribution in [0.4, 0.5) is 10.5 Å². The summed E-state index contributed by atoms with van der Waals surface area (Å²) in [5, 5.41) is 5.79. The van der Waals surface area contributed by atoms with E-state index >= 15 is 0 Å². The van der Waals surface area contributed by atoms with E-state index in [-0.39, 0.29) is 18.0 Å². The van der Waals surface area contributed by atoms with E-state index in [4.69, 9.17) is 9.47 Å². The molecule has 0 aliphatic carbocycles. The third kappa shape index (κ3) is 4.54. The second kappa shape index (κ2) is 9.12. The highest BCUT2D eigenvalue weighted by atomic mass is 16.5. The first kappa shape index (κ1) is 19.5. The Kier molecular flexibility index (Phi) is 6.37. The molecule has 7 heteroatoms. The van der Waals surface area contributed by atoms with Crippen LogP contribution in [0.5, 0.6) is 11.5 Å². The maximum absolute atomic E-state index is 13.0. The lowest BCUT2D eigenvalue weighted by Crippen LogP contribution is -2.47. The molecule has 0 radical (unpaired) electrons. The molecule has 0 aromatic heterocycles. The predicted octanol–water partition coefficient (Wildman–Crippen LogP) is 3.13. The van der Waals surface area contributed by atoms with Gasteiger partial charge in [0, 0.05) is 24.8 Å². The zero-order valence-corrected chi connectivity index (χ0v) is 16.1. The molecule has 0 atom stereocenters. The summed E-state index contributed by atoms with van der Waals surface area (Å²) in [7, 11) is 3.07. The Balaban J connectivity index is 1.57. The van der Waals surface area contributed by atoms with Crippen molar-refractivity contribution in [3.05, 3.63) is 54.1 Å². The van der Waals surface area contributed by atoms with Gasteiger partial charge in [0.1, 0.15) is 17.1 Å². The molecule has 7 nitrogen and oxygen atoms in total. The summed E-state index contributed by atoms with van der Waals surface area (Å²) < 4.78 is 10.7. The smallest absolute Gasteiger partial charge is 0.319 e. The molecule has 2 N–H and O–H groups in total. The van der Waals surface area contributed by atoms with E-state index in [0.717, 1.165) is 5.69 Å². The van der Waals surface area contributed by atoms with Gasteiger partial charge in [0.15, 0.2) is 0 Å². The van der Waals surface area contributed by atoms with Gasteiger partial charge in [0.25, 0.3) is 5.91 Å². The summed E-state index contributed by atoms with van der Waals surface area (Å²) in [6, 6.07) is 14.4. The van der Waals surface area contributed by atoms with Crippen LogP contribution in [0.25, 0.3) is 0 Å². The van der Waals surface area contributed by atoms with Gasteiger partial charge in [-0.25, -0.2) is 4.79 Å². The van der Waals surface area contributed by atoms with Crippen molar-refractivity contribution in [3.8, 4) is 11.5 Å². The van der Waals surface area contributed by atoms with Crippen molar-refractivity contribution in [1.82, 2.24) is 10.2 Å². The molecule has 1 fully saturated rings. The molecule has 2 aromatic rings. The Morgan fingerprint density at radius 1 is 0.929 bits per heavy atom. The van der Waals surface area contributed by atoms with Gasteiger partial charge in [-0.15, -0.1) is 0 Å². The number of likely N-dealkylation sites (tertiary alicyclic amines) is 1. The fourth-order valence-corrected chi connectivity index (χ4v) is 3.32. The zero-order chi connectivity index (χ0) is 19.9. The Morgan fingerprint density at radius 3 is 2.11 bits per heavy atom. The molecule has 1 saturated heterocycles. The highest BCUT2D eigenvalue weighted by Gasteiger charge is 2.28. The molecule has 1 aliphatic heterocycles. The van der Waals surface area contributed by atoms with E-state index in [1.165, 1.54) is 14.2 Å². The van der Waals surface area contributed by atoms with Gasteiger partial charge in [-0.2, -0.15) is 0 Å². The Hall–Kier alpha value is -3.22. The number of ether oxygens (including phenoxy) is 2. The van der Waals surface area contributed by atoms with Crippen LogP contribution in [-0.2, 0) is 0 Å². The number of piperidine rings is 1. The van der Waals surface area contributed by atoms with Crippen LogP contribution in [0, 0.1) is 0 Å². The zero-order valence-electron chi connectivity index (χ0n) is 16.1. The molecule has 0 saturated carbocycles. The SMILES string of the molecule is COc1cccc(OC)c1C(=O)N1CCC(NC(=O)Nc2ccccc2)CC1. The van der Waals surface area contributed by atoms with Crippen molar-refractivity contribution in [1.29, 1.82) is 0 Å². The first-order valence-corrected chi connectivity index (χ1v) is 9.25. The summed E-state index contributed by atoms with van der Waals surface area (Å²) in [6.07, 6.45) is 1.37. The first-order chi connectivity index (χ1) is 13.6. The molecule has 148 valence electrons. The maximum atomic E-state index is 13.0. The van der Waals surface area contributed by atoms with Gasteiger partial charge in [0.2, 0.25) is 0 Å². The predicted molar refractivity (Wildman–Crippen MR) is 107 cm³/mol. The van der Waals surface area contributed by atoms with Crippen LogP contribution in [0.15, 0.2) is 48.5 Å². The van der Waals surface area contributed by atoms with Crippen molar-refractivity contribution >= 4 is 17.6 Å². The number of benzene rings is 2. The topological polar surface area (TPSA) is 79.9 Å². The lowest BCUT2D eigenvalue weighted by molar-refractivity contribution is 0.0702. The second-order valence-electron chi connectivity index (χ2n) is 6.57. The lowest BCUT2D eigenvalue weighted by Gasteiger charge is -2.33. The quantitative estimate of drug-likeness (QED) is 0.831. The molecule has 2 aromatic carbocycles. The molecule has 1 aliphatic rings. The van der Waals surface area contributed by atoms with Gasteiger partial charge in [0.05, 0.1) is 14.2 Å². The van der Waals surface area contributed by atoms with Crippen molar-refractivity contribution in [3.63, 3.8) is 0 Å². The molecule has 0 spiro atoms. The summed E-state index contributed by atoms with van der Waals surface area (Å²) in [6.45, 7) is 1.10. The molecule has 0 unspecified atom stereocenters. The van der Waals surface area contributed by atoms with Crippen LogP contribution in [0.3, 0.4) is 0 Å². The van der Waals surface area contributed by atoms with Gasteiger partial charge >= 0.3 is 6.03 Å². The molecule has 1 heterocycles. The summed E-state index contributed by atoms with van der Waals surface area (Å²) >= 11 is 0. The normalized spacial score (nSPS) is 14.3. The molecule has 3 amide bonds. The minimum atomic E-state index is -0.234. The first-order valence-electron chi connectivity index (χ1n) is 9.25. The average molecular weight is 383 g/mol. The van der Waals surface area contributed by atoms with Gasteiger partial charge in [-0.3, -0.25) is 4.79 Å². The monoisotopic (exact) mass is 383 g/mol. The maximum Gasteiger partial charge on any atom is 0.319 e. The number of anilines is 1. The number of carbonyl (C=O) groups excluding carboxylic acids is 2. The van der Waals surface area contributed by atoms with Crippen LogP contribution in [0.1, 0.15) is 23.2 Å². The number of carbonyl (C=O) groups is 2. The third-order valence-corrected chi connectivity index (χ3v) is 4.79. The van der Waals surface area contributed by atoms with Gasteiger partial charge in [-0.1, -0.05) is 24.3 Å². The standard InChI is InChI=1S/C21H25N3O4/c1-27-17-9-6-10-18(28-2)19(17)20(25)24-13-11-16(12-14-24)23-21(26)22-15-7-4-3-5-8-15/h3-10,16H,11-14H2,1-2H3,(H2,22,23,26). The highest BCUT2D eigenvalue weighted by Crippen LogP contribution is 2.30. The van der Waals surface area contributed by atoms with Gasteiger partial charge < -0.3 is 25.0 Å². The van der Waals surface area contributed by atoms with E-state index in [1.54, 1.807) is 23.1 Å². The van der Waals surface area contributed by atoms with Crippen molar-refractivity contribution in [2.45, 2.75) is 18.9 Å². The lowest BCUT2D eigenvalue weighted by atomic mass is 10.0. The second-order valence-corrected chi connectivity index (χ2v) is 6.57. The van der Waals surface area contributed by atoms with Crippen LogP contribution < -0.4 is 20.1 Å². The number of nitrogens with one attached hydrogen (secondary N) is 2. The molecular formula is C21H25N3O4. The van der Waals surface area contributed by atoms with Crippen LogP contribution >= 0.6 is 0 Å². The number of methoxy groups -OCH3 is 2. The number of hydrogen-bond acceptors (Lipinski definition) is 4. The summed E-state index contributed by atoms with van der Waals surface area (Å²) in [5.41, 5.74) is 1.18. The largest absolute Gasteiger partial charge is 0.496 e. The molecule has 28 heavy (non-hydrogen) atoms. The van der Waals surface area contributed by atoms with E-state index in [0.29, 0.717) is 43.0 Å². The average Bonchev–Trinajstić information content (AvgIpc) is 2.73. The summed E-state index contributed by atoms with van der Waals surface area (Å²) in [5.74, 6) is 0.861. The van der Waals surface area contributed by atoms with Crippen molar-refractivity contribution < 1.29 is 19.1 Å². The van der Waals surface area contributed by atoms with E-state index in [1.807, 2.05) is 30.3 Å². The number of amides is 3. The molecule has 0 bridgehead atoms.